The summed E-state index contributed by atoms with van der Waals surface area (Å²) in [4.78, 5) is 13.5. The molecule has 1 fully saturated rings. The number of nitriles is 1. The van der Waals surface area contributed by atoms with Gasteiger partial charge < -0.3 is 15.0 Å². The summed E-state index contributed by atoms with van der Waals surface area (Å²) in [5.74, 6) is 0.653. The van der Waals surface area contributed by atoms with Gasteiger partial charge in [0.15, 0.2) is 0 Å². The van der Waals surface area contributed by atoms with Gasteiger partial charge in [0.05, 0.1) is 24.9 Å². The zero-order valence-corrected chi connectivity index (χ0v) is 11.1. The predicted molar refractivity (Wildman–Crippen MR) is 72.1 cm³/mol. The predicted octanol–water partition coefficient (Wildman–Crippen LogP) is 1.28. The molecule has 0 saturated heterocycles. The number of ether oxygens (including phenoxy) is 1. The van der Waals surface area contributed by atoms with Crippen LogP contribution in [0.2, 0.25) is 0 Å². The van der Waals surface area contributed by atoms with Gasteiger partial charge in [0.2, 0.25) is 5.91 Å². The maximum atomic E-state index is 11.8. The average Bonchev–Trinajstić information content (AvgIpc) is 3.21. The van der Waals surface area contributed by atoms with E-state index < -0.39 is 0 Å². The minimum absolute atomic E-state index is 0.0169. The lowest BCUT2D eigenvalue weighted by molar-refractivity contribution is -0.119. The van der Waals surface area contributed by atoms with Gasteiger partial charge in [-0.3, -0.25) is 4.79 Å². The first-order valence-corrected chi connectivity index (χ1v) is 6.22. The van der Waals surface area contributed by atoms with Crippen LogP contribution in [0.4, 0.5) is 5.69 Å². The number of nitrogens with zero attached hydrogens (tertiary/aromatic N) is 2. The van der Waals surface area contributed by atoms with E-state index in [0.29, 0.717) is 23.0 Å². The van der Waals surface area contributed by atoms with Gasteiger partial charge in [-0.05, 0) is 25.0 Å². The number of hydrogen-bond acceptors (Lipinski definition) is 4. The number of likely N-dealkylation sites (N-methyl/N-ethyl adjacent to an activating group) is 1. The molecule has 0 radical (unpaired) electrons. The van der Waals surface area contributed by atoms with Crippen LogP contribution in [-0.4, -0.2) is 32.7 Å². The summed E-state index contributed by atoms with van der Waals surface area (Å²) in [7, 11) is 3.37. The highest BCUT2D eigenvalue weighted by molar-refractivity contribution is 5.82. The third-order valence-corrected chi connectivity index (χ3v) is 3.06. The van der Waals surface area contributed by atoms with Gasteiger partial charge in [-0.2, -0.15) is 5.26 Å². The van der Waals surface area contributed by atoms with Crippen LogP contribution in [0.1, 0.15) is 18.4 Å². The lowest BCUT2D eigenvalue weighted by atomic mass is 10.1. The van der Waals surface area contributed by atoms with E-state index in [2.05, 4.69) is 11.4 Å². The number of rotatable bonds is 5. The van der Waals surface area contributed by atoms with Crippen molar-refractivity contribution < 1.29 is 9.53 Å². The number of carbonyl (C=O) groups excluding carboxylic acids is 1. The fraction of sp³-hybridized carbons (Fsp3) is 0.429. The second kappa shape index (κ2) is 5.61. The fourth-order valence-electron chi connectivity index (χ4n) is 1.85. The van der Waals surface area contributed by atoms with E-state index in [4.69, 9.17) is 10.00 Å². The summed E-state index contributed by atoms with van der Waals surface area (Å²) in [6.07, 6.45) is 2.14. The van der Waals surface area contributed by atoms with E-state index in [9.17, 15) is 4.79 Å². The maximum Gasteiger partial charge on any atom is 0.239 e. The van der Waals surface area contributed by atoms with Crippen LogP contribution >= 0.6 is 0 Å². The third kappa shape index (κ3) is 3.38. The Morgan fingerprint density at radius 2 is 2.32 bits per heavy atom. The van der Waals surface area contributed by atoms with Crippen molar-refractivity contribution in [3.8, 4) is 11.8 Å². The summed E-state index contributed by atoms with van der Waals surface area (Å²) >= 11 is 0. The van der Waals surface area contributed by atoms with E-state index in [1.165, 1.54) is 0 Å². The molecule has 1 aromatic rings. The highest BCUT2D eigenvalue weighted by atomic mass is 16.5. The van der Waals surface area contributed by atoms with Crippen molar-refractivity contribution in [1.29, 1.82) is 5.26 Å². The lowest BCUT2D eigenvalue weighted by Crippen LogP contribution is -2.36. The minimum Gasteiger partial charge on any atom is -0.497 e. The van der Waals surface area contributed by atoms with Gasteiger partial charge in [0.1, 0.15) is 11.8 Å². The minimum atomic E-state index is -0.0169. The zero-order chi connectivity index (χ0) is 13.8. The molecule has 0 aliphatic heterocycles. The summed E-state index contributed by atoms with van der Waals surface area (Å²) in [5.41, 5.74) is 1.23. The number of anilines is 1. The van der Waals surface area contributed by atoms with Crippen molar-refractivity contribution in [2.75, 3.05) is 25.6 Å². The van der Waals surface area contributed by atoms with Crippen LogP contribution in [-0.2, 0) is 4.79 Å². The molecule has 0 bridgehead atoms. The molecule has 1 aliphatic carbocycles. The molecule has 1 N–H and O–H groups in total. The van der Waals surface area contributed by atoms with Crippen molar-refractivity contribution >= 4 is 11.6 Å². The molecule has 5 nitrogen and oxygen atoms in total. The Kier molecular flexibility index (Phi) is 3.91. The maximum absolute atomic E-state index is 11.8. The molecule has 0 heterocycles. The Labute approximate surface area is 112 Å². The standard InChI is InChI=1S/C14H17N3O2/c1-17(9-14(18)16-11-4-5-11)13-7-12(19-2)6-3-10(13)8-15/h3,6-7,11H,4-5,9H2,1-2H3,(H,16,18). The number of benzene rings is 1. The van der Waals surface area contributed by atoms with E-state index in [1.54, 1.807) is 37.3 Å². The summed E-state index contributed by atoms with van der Waals surface area (Å²) in [5, 5.41) is 12.0. The van der Waals surface area contributed by atoms with Crippen LogP contribution < -0.4 is 15.0 Å². The Morgan fingerprint density at radius 3 is 2.89 bits per heavy atom. The summed E-state index contributed by atoms with van der Waals surface area (Å²) in [6, 6.07) is 7.67. The van der Waals surface area contributed by atoms with Gasteiger partial charge in [-0.15, -0.1) is 0 Å². The second-order valence-corrected chi connectivity index (χ2v) is 4.69. The van der Waals surface area contributed by atoms with Crippen molar-refractivity contribution in [2.45, 2.75) is 18.9 Å². The van der Waals surface area contributed by atoms with E-state index >= 15 is 0 Å². The van der Waals surface area contributed by atoms with Gasteiger partial charge in [-0.25, -0.2) is 0 Å². The quantitative estimate of drug-likeness (QED) is 0.865. The fourth-order valence-corrected chi connectivity index (χ4v) is 1.85. The van der Waals surface area contributed by atoms with Crippen LogP contribution in [0.15, 0.2) is 18.2 Å². The SMILES string of the molecule is COc1ccc(C#N)c(N(C)CC(=O)NC2CC2)c1. The molecule has 0 atom stereocenters. The van der Waals surface area contributed by atoms with Crippen LogP contribution in [0.5, 0.6) is 5.75 Å². The number of hydrogen-bond donors (Lipinski definition) is 1. The lowest BCUT2D eigenvalue weighted by Gasteiger charge is -2.20. The van der Waals surface area contributed by atoms with Gasteiger partial charge in [-0.1, -0.05) is 0 Å². The summed E-state index contributed by atoms with van der Waals surface area (Å²) in [6.45, 7) is 0.234. The Bertz CT molecular complexity index is 518. The normalized spacial score (nSPS) is 13.5. The molecule has 2 rings (SSSR count). The van der Waals surface area contributed by atoms with Crippen molar-refractivity contribution in [1.82, 2.24) is 5.32 Å². The molecule has 19 heavy (non-hydrogen) atoms. The van der Waals surface area contributed by atoms with Crippen molar-refractivity contribution in [3.63, 3.8) is 0 Å². The topological polar surface area (TPSA) is 65.4 Å². The highest BCUT2D eigenvalue weighted by Crippen LogP contribution is 2.25. The van der Waals surface area contributed by atoms with Crippen molar-refractivity contribution in [2.24, 2.45) is 0 Å². The van der Waals surface area contributed by atoms with Crippen molar-refractivity contribution in [3.05, 3.63) is 23.8 Å². The van der Waals surface area contributed by atoms with Gasteiger partial charge in [0, 0.05) is 19.2 Å². The number of carbonyl (C=O) groups is 1. The first-order chi connectivity index (χ1) is 9.13. The van der Waals surface area contributed by atoms with Gasteiger partial charge >= 0.3 is 0 Å². The second-order valence-electron chi connectivity index (χ2n) is 4.69. The Hall–Kier alpha value is -2.22. The molecular formula is C14H17N3O2. The molecule has 1 amide bonds. The largest absolute Gasteiger partial charge is 0.497 e. The molecule has 0 unspecified atom stereocenters. The number of nitrogens with one attached hydrogen (secondary N) is 1. The zero-order valence-electron chi connectivity index (χ0n) is 11.1. The Balaban J connectivity index is 2.09. The smallest absolute Gasteiger partial charge is 0.239 e. The van der Waals surface area contributed by atoms with Gasteiger partial charge in [0.25, 0.3) is 0 Å². The molecule has 100 valence electrons. The van der Waals surface area contributed by atoms with E-state index in [0.717, 1.165) is 12.8 Å². The Morgan fingerprint density at radius 1 is 1.58 bits per heavy atom. The first-order valence-electron chi connectivity index (χ1n) is 6.22. The molecule has 1 aromatic carbocycles. The molecular weight excluding hydrogens is 242 g/mol. The molecule has 5 heteroatoms. The third-order valence-electron chi connectivity index (χ3n) is 3.06. The highest BCUT2D eigenvalue weighted by Gasteiger charge is 2.23. The first kappa shape index (κ1) is 13.2. The monoisotopic (exact) mass is 259 g/mol. The van der Waals surface area contributed by atoms with E-state index in [1.807, 2.05) is 0 Å². The number of amides is 1. The summed E-state index contributed by atoms with van der Waals surface area (Å²) < 4.78 is 5.15. The molecule has 0 aromatic heterocycles. The number of methoxy groups -OCH3 is 1. The molecule has 1 aliphatic rings. The molecule has 0 spiro atoms. The molecule has 1 saturated carbocycles. The van der Waals surface area contributed by atoms with Crippen LogP contribution in [0.3, 0.4) is 0 Å². The van der Waals surface area contributed by atoms with Crippen LogP contribution in [0, 0.1) is 11.3 Å². The van der Waals surface area contributed by atoms with E-state index in [-0.39, 0.29) is 12.5 Å². The average molecular weight is 259 g/mol. The van der Waals surface area contributed by atoms with Crippen LogP contribution in [0.25, 0.3) is 0 Å².